The van der Waals surface area contributed by atoms with Crippen molar-refractivity contribution in [1.29, 1.82) is 0 Å². The molecule has 0 aliphatic heterocycles. The number of benzene rings is 1. The van der Waals surface area contributed by atoms with E-state index in [1.165, 1.54) is 0 Å². The molecule has 1 heterocycles. The van der Waals surface area contributed by atoms with Crippen molar-refractivity contribution in [3.05, 3.63) is 52.8 Å². The lowest BCUT2D eigenvalue weighted by Gasteiger charge is -2.07. The van der Waals surface area contributed by atoms with E-state index in [0.29, 0.717) is 30.0 Å². The fraction of sp³-hybridized carbons (Fsp3) is 0.154. The summed E-state index contributed by atoms with van der Waals surface area (Å²) in [4.78, 5) is 12.2. The first-order valence-electron chi connectivity index (χ1n) is 5.92. The van der Waals surface area contributed by atoms with Crippen LogP contribution in [0.25, 0.3) is 0 Å². The normalized spacial score (nSPS) is 10.1. The van der Waals surface area contributed by atoms with E-state index in [9.17, 15) is 0 Å². The van der Waals surface area contributed by atoms with Crippen LogP contribution in [-0.4, -0.2) is 21.5 Å². The molecule has 2 N–H and O–H groups in total. The Kier molecular flexibility index (Phi) is 5.15. The summed E-state index contributed by atoms with van der Waals surface area (Å²) < 4.78 is 0. The van der Waals surface area contributed by atoms with Crippen LogP contribution in [0.5, 0.6) is 0 Å². The van der Waals surface area contributed by atoms with Gasteiger partial charge < -0.3 is 10.6 Å². The van der Waals surface area contributed by atoms with E-state index >= 15 is 0 Å². The van der Waals surface area contributed by atoms with Gasteiger partial charge in [0.15, 0.2) is 0 Å². The molecule has 7 heteroatoms. The molecule has 0 aliphatic rings. The molecule has 0 bridgehead atoms. The molecule has 20 heavy (non-hydrogen) atoms. The number of nitrogens with one attached hydrogen (secondary N) is 2. The van der Waals surface area contributed by atoms with Gasteiger partial charge >= 0.3 is 0 Å². The summed E-state index contributed by atoms with van der Waals surface area (Å²) in [6.07, 6.45) is 1.71. The van der Waals surface area contributed by atoms with Gasteiger partial charge in [0.1, 0.15) is 0 Å². The van der Waals surface area contributed by atoms with Gasteiger partial charge in [-0.25, -0.2) is 0 Å². The topological polar surface area (TPSA) is 62.7 Å². The lowest BCUT2D eigenvalue weighted by Crippen LogP contribution is -2.09. The number of halogens is 2. The summed E-state index contributed by atoms with van der Waals surface area (Å²) in [5.74, 6) is 0.815. The summed E-state index contributed by atoms with van der Waals surface area (Å²) in [7, 11) is 0. The van der Waals surface area contributed by atoms with Crippen LogP contribution in [0.1, 0.15) is 5.56 Å². The molecule has 104 valence electrons. The molecule has 2 rings (SSSR count). The Balaban J connectivity index is 2.03. The van der Waals surface area contributed by atoms with Crippen LogP contribution in [0.2, 0.25) is 10.3 Å². The molecule has 5 nitrogen and oxygen atoms in total. The Morgan fingerprint density at radius 1 is 1.00 bits per heavy atom. The zero-order valence-electron chi connectivity index (χ0n) is 10.6. The van der Waals surface area contributed by atoms with Crippen LogP contribution < -0.4 is 10.6 Å². The highest BCUT2D eigenvalue weighted by atomic mass is 35.5. The molecule has 1 aromatic carbocycles. The molecule has 0 aliphatic carbocycles. The second-order valence-electron chi connectivity index (χ2n) is 3.90. The maximum absolute atomic E-state index is 5.85. The van der Waals surface area contributed by atoms with E-state index in [0.717, 1.165) is 5.56 Å². The van der Waals surface area contributed by atoms with E-state index in [4.69, 9.17) is 23.2 Å². The maximum atomic E-state index is 5.85. The highest BCUT2D eigenvalue weighted by Crippen LogP contribution is 2.12. The minimum absolute atomic E-state index is 0.130. The van der Waals surface area contributed by atoms with Crippen molar-refractivity contribution >= 4 is 35.1 Å². The molecular formula is C13H13Cl2N5. The number of nitrogens with zero attached hydrogens (tertiary/aromatic N) is 3. The number of aromatic nitrogens is 3. The SMILES string of the molecule is C=CCNc1nc(Cl)nc(NCc2ccc(Cl)cc2)n1. The minimum atomic E-state index is 0.130. The summed E-state index contributed by atoms with van der Waals surface area (Å²) in [5.41, 5.74) is 1.06. The van der Waals surface area contributed by atoms with Crippen LogP contribution in [0.15, 0.2) is 36.9 Å². The van der Waals surface area contributed by atoms with Crippen LogP contribution in [0.3, 0.4) is 0 Å². The Hall–Kier alpha value is -1.85. The van der Waals surface area contributed by atoms with Crippen LogP contribution in [0, 0.1) is 0 Å². The highest BCUT2D eigenvalue weighted by Gasteiger charge is 2.04. The van der Waals surface area contributed by atoms with E-state index in [2.05, 4.69) is 32.2 Å². The Labute approximate surface area is 127 Å². The van der Waals surface area contributed by atoms with E-state index < -0.39 is 0 Å². The zero-order chi connectivity index (χ0) is 14.4. The molecule has 0 unspecified atom stereocenters. The van der Waals surface area contributed by atoms with Crippen LogP contribution in [-0.2, 0) is 6.54 Å². The van der Waals surface area contributed by atoms with Gasteiger partial charge in [0.25, 0.3) is 0 Å². The van der Waals surface area contributed by atoms with Crippen molar-refractivity contribution in [1.82, 2.24) is 15.0 Å². The minimum Gasteiger partial charge on any atom is -0.351 e. The monoisotopic (exact) mass is 309 g/mol. The van der Waals surface area contributed by atoms with Gasteiger partial charge in [-0.3, -0.25) is 0 Å². The third-order valence-corrected chi connectivity index (χ3v) is 2.80. The molecular weight excluding hydrogens is 297 g/mol. The van der Waals surface area contributed by atoms with E-state index in [1.807, 2.05) is 24.3 Å². The van der Waals surface area contributed by atoms with Gasteiger partial charge in [0.05, 0.1) is 0 Å². The largest absolute Gasteiger partial charge is 0.351 e. The fourth-order valence-corrected chi connectivity index (χ4v) is 1.74. The molecule has 0 saturated carbocycles. The number of rotatable bonds is 6. The van der Waals surface area contributed by atoms with Crippen LogP contribution in [0.4, 0.5) is 11.9 Å². The molecule has 0 spiro atoms. The average molecular weight is 310 g/mol. The Morgan fingerprint density at radius 2 is 1.65 bits per heavy atom. The van der Waals surface area contributed by atoms with Gasteiger partial charge in [0, 0.05) is 18.1 Å². The van der Waals surface area contributed by atoms with Crippen molar-refractivity contribution < 1.29 is 0 Å². The lowest BCUT2D eigenvalue weighted by molar-refractivity contribution is 0.996. The zero-order valence-corrected chi connectivity index (χ0v) is 12.1. The smallest absolute Gasteiger partial charge is 0.229 e. The lowest BCUT2D eigenvalue weighted by atomic mass is 10.2. The first kappa shape index (κ1) is 14.6. The molecule has 1 aromatic heterocycles. The third-order valence-electron chi connectivity index (χ3n) is 2.38. The summed E-state index contributed by atoms with van der Waals surface area (Å²) >= 11 is 11.7. The van der Waals surface area contributed by atoms with Crippen molar-refractivity contribution in [3.63, 3.8) is 0 Å². The van der Waals surface area contributed by atoms with Crippen molar-refractivity contribution in [2.75, 3.05) is 17.2 Å². The van der Waals surface area contributed by atoms with Gasteiger partial charge in [-0.2, -0.15) is 15.0 Å². The summed E-state index contributed by atoms with van der Waals surface area (Å²) in [6.45, 7) is 4.73. The first-order chi connectivity index (χ1) is 9.67. The van der Waals surface area contributed by atoms with Gasteiger partial charge in [0.2, 0.25) is 17.2 Å². The van der Waals surface area contributed by atoms with Crippen molar-refractivity contribution in [2.45, 2.75) is 6.54 Å². The molecule has 0 saturated heterocycles. The predicted molar refractivity (Wildman–Crippen MR) is 82.3 cm³/mol. The van der Waals surface area contributed by atoms with E-state index in [-0.39, 0.29) is 5.28 Å². The second-order valence-corrected chi connectivity index (χ2v) is 4.68. The number of hydrogen-bond acceptors (Lipinski definition) is 5. The van der Waals surface area contributed by atoms with Gasteiger partial charge in [-0.05, 0) is 29.3 Å². The van der Waals surface area contributed by atoms with Crippen molar-refractivity contribution in [2.24, 2.45) is 0 Å². The molecule has 0 amide bonds. The third kappa shape index (κ3) is 4.36. The number of hydrogen-bond donors (Lipinski definition) is 2. The Morgan fingerprint density at radius 3 is 2.30 bits per heavy atom. The molecule has 0 atom stereocenters. The van der Waals surface area contributed by atoms with Gasteiger partial charge in [-0.15, -0.1) is 6.58 Å². The summed E-state index contributed by atoms with van der Waals surface area (Å²) in [5, 5.41) is 6.87. The maximum Gasteiger partial charge on any atom is 0.229 e. The highest BCUT2D eigenvalue weighted by molar-refractivity contribution is 6.30. The molecule has 0 radical (unpaired) electrons. The Bertz CT molecular complexity index is 586. The van der Waals surface area contributed by atoms with E-state index in [1.54, 1.807) is 6.08 Å². The van der Waals surface area contributed by atoms with Gasteiger partial charge in [-0.1, -0.05) is 29.8 Å². The molecule has 2 aromatic rings. The average Bonchev–Trinajstić information content (AvgIpc) is 2.44. The second kappa shape index (κ2) is 7.07. The summed E-state index contributed by atoms with van der Waals surface area (Å²) in [6, 6.07) is 7.51. The van der Waals surface area contributed by atoms with Crippen LogP contribution >= 0.6 is 23.2 Å². The molecule has 0 fully saturated rings. The number of anilines is 2. The first-order valence-corrected chi connectivity index (χ1v) is 6.67. The fourth-order valence-electron chi connectivity index (χ4n) is 1.46. The van der Waals surface area contributed by atoms with Crippen molar-refractivity contribution in [3.8, 4) is 0 Å². The predicted octanol–water partition coefficient (Wildman–Crippen LogP) is 3.39. The quantitative estimate of drug-likeness (QED) is 0.801. The standard InChI is InChI=1S/C13H13Cl2N5/c1-2-7-16-12-18-11(15)19-13(20-12)17-8-9-3-5-10(14)6-4-9/h2-6H,1,7-8H2,(H2,16,17,18,19,20).